The maximum absolute atomic E-state index is 9.09. The molecule has 1 aromatic rings. The van der Waals surface area contributed by atoms with E-state index in [1.807, 2.05) is 0 Å². The molecular weight excluding hydrogens is 233 g/mol. The highest BCUT2D eigenvalue weighted by Crippen LogP contribution is 2.31. The molecule has 1 atom stereocenters. The van der Waals surface area contributed by atoms with Crippen LogP contribution in [0.1, 0.15) is 18.9 Å². The Morgan fingerprint density at radius 2 is 2.07 bits per heavy atom. The van der Waals surface area contributed by atoms with Crippen LogP contribution >= 0.6 is 23.2 Å². The Morgan fingerprint density at radius 3 is 2.53 bits per heavy atom. The van der Waals surface area contributed by atoms with Crippen LogP contribution in [0.25, 0.3) is 0 Å². The molecule has 0 heterocycles. The Labute approximate surface area is 99.0 Å². The van der Waals surface area contributed by atoms with Gasteiger partial charge in [-0.3, -0.25) is 0 Å². The number of hydrogen-bond donors (Lipinski definition) is 1. The SMILES string of the molecule is C[C@](C#N)(CCO)c1ccc(Cl)c(Cl)c1. The topological polar surface area (TPSA) is 44.0 Å². The van der Waals surface area contributed by atoms with Crippen molar-refractivity contribution in [3.63, 3.8) is 0 Å². The lowest BCUT2D eigenvalue weighted by molar-refractivity contribution is 0.264. The summed E-state index contributed by atoms with van der Waals surface area (Å²) >= 11 is 11.7. The van der Waals surface area contributed by atoms with Gasteiger partial charge in [0.25, 0.3) is 0 Å². The fourth-order valence-corrected chi connectivity index (χ4v) is 1.63. The average molecular weight is 244 g/mol. The van der Waals surface area contributed by atoms with E-state index in [-0.39, 0.29) is 6.61 Å². The smallest absolute Gasteiger partial charge is 0.0816 e. The molecular formula is C11H11Cl2NO. The lowest BCUT2D eigenvalue weighted by Gasteiger charge is -2.21. The van der Waals surface area contributed by atoms with Crippen LogP contribution in [-0.4, -0.2) is 11.7 Å². The average Bonchev–Trinajstić information content (AvgIpc) is 2.22. The number of nitriles is 1. The zero-order valence-corrected chi connectivity index (χ0v) is 9.81. The van der Waals surface area contributed by atoms with Crippen molar-refractivity contribution in [3.8, 4) is 6.07 Å². The number of halogens is 2. The number of rotatable bonds is 3. The van der Waals surface area contributed by atoms with E-state index in [0.29, 0.717) is 16.5 Å². The van der Waals surface area contributed by atoms with Crippen molar-refractivity contribution >= 4 is 23.2 Å². The highest BCUT2D eigenvalue weighted by atomic mass is 35.5. The van der Waals surface area contributed by atoms with Gasteiger partial charge in [0.05, 0.1) is 21.5 Å². The third-order valence-electron chi connectivity index (χ3n) is 2.42. The summed E-state index contributed by atoms with van der Waals surface area (Å²) < 4.78 is 0. The summed E-state index contributed by atoms with van der Waals surface area (Å²) in [5, 5.41) is 18.9. The van der Waals surface area contributed by atoms with Crippen LogP contribution in [0.15, 0.2) is 18.2 Å². The molecule has 0 fully saturated rings. The number of aliphatic hydroxyl groups is 1. The van der Waals surface area contributed by atoms with Crippen LogP contribution in [0.2, 0.25) is 10.0 Å². The normalized spacial score (nSPS) is 14.3. The minimum Gasteiger partial charge on any atom is -0.396 e. The third kappa shape index (κ3) is 2.63. The first-order chi connectivity index (χ1) is 7.03. The van der Waals surface area contributed by atoms with Gasteiger partial charge in [0, 0.05) is 6.61 Å². The largest absolute Gasteiger partial charge is 0.396 e. The molecule has 2 nitrogen and oxygen atoms in total. The van der Waals surface area contributed by atoms with E-state index >= 15 is 0 Å². The standard InChI is InChI=1S/C11H11Cl2NO/c1-11(7-14,4-5-15)8-2-3-9(12)10(13)6-8/h2-3,6,15H,4-5H2,1H3/t11-/m1/s1. The molecule has 0 aliphatic rings. The molecule has 0 saturated carbocycles. The number of hydrogen-bond acceptors (Lipinski definition) is 2. The lowest BCUT2D eigenvalue weighted by Crippen LogP contribution is -2.21. The third-order valence-corrected chi connectivity index (χ3v) is 3.15. The predicted octanol–water partition coefficient (Wildman–Crippen LogP) is 3.16. The van der Waals surface area contributed by atoms with Crippen LogP contribution in [0.3, 0.4) is 0 Å². The molecule has 0 saturated heterocycles. The highest BCUT2D eigenvalue weighted by Gasteiger charge is 2.26. The Balaban J connectivity index is 3.14. The molecule has 0 aliphatic heterocycles. The minimum atomic E-state index is -0.719. The van der Waals surface area contributed by atoms with Crippen LogP contribution in [-0.2, 0) is 5.41 Å². The van der Waals surface area contributed by atoms with Crippen molar-refractivity contribution in [1.82, 2.24) is 0 Å². The molecule has 0 aromatic heterocycles. The van der Waals surface area contributed by atoms with Gasteiger partial charge >= 0.3 is 0 Å². The molecule has 0 amide bonds. The number of nitrogens with zero attached hydrogens (tertiary/aromatic N) is 1. The fraction of sp³-hybridized carbons (Fsp3) is 0.364. The predicted molar refractivity (Wildman–Crippen MR) is 61.1 cm³/mol. The van der Waals surface area contributed by atoms with E-state index in [0.717, 1.165) is 5.56 Å². The molecule has 15 heavy (non-hydrogen) atoms. The van der Waals surface area contributed by atoms with E-state index in [9.17, 15) is 0 Å². The minimum absolute atomic E-state index is 0.0374. The molecule has 0 spiro atoms. The first-order valence-electron chi connectivity index (χ1n) is 4.51. The first-order valence-corrected chi connectivity index (χ1v) is 5.27. The van der Waals surface area contributed by atoms with Crippen molar-refractivity contribution in [3.05, 3.63) is 33.8 Å². The van der Waals surface area contributed by atoms with Gasteiger partial charge in [0.2, 0.25) is 0 Å². The van der Waals surface area contributed by atoms with Gasteiger partial charge in [-0.15, -0.1) is 0 Å². The van der Waals surface area contributed by atoms with E-state index in [1.165, 1.54) is 0 Å². The Kier molecular flexibility index (Phi) is 3.98. The van der Waals surface area contributed by atoms with Gasteiger partial charge in [0.15, 0.2) is 0 Å². The maximum atomic E-state index is 9.09. The highest BCUT2D eigenvalue weighted by molar-refractivity contribution is 6.42. The van der Waals surface area contributed by atoms with Gasteiger partial charge in [-0.05, 0) is 31.0 Å². The van der Waals surface area contributed by atoms with Crippen molar-refractivity contribution in [1.29, 1.82) is 5.26 Å². The van der Waals surface area contributed by atoms with Crippen LogP contribution in [0.5, 0.6) is 0 Å². The summed E-state index contributed by atoms with van der Waals surface area (Å²) in [5.74, 6) is 0. The molecule has 0 aliphatic carbocycles. The van der Waals surface area contributed by atoms with Crippen LogP contribution in [0, 0.1) is 11.3 Å². The summed E-state index contributed by atoms with van der Waals surface area (Å²) in [6.45, 7) is 1.73. The second-order valence-corrected chi connectivity index (χ2v) is 4.36. The Hall–Kier alpha value is -0.750. The summed E-state index contributed by atoms with van der Waals surface area (Å²) in [7, 11) is 0. The zero-order chi connectivity index (χ0) is 11.5. The molecule has 4 heteroatoms. The molecule has 80 valence electrons. The summed E-state index contributed by atoms with van der Waals surface area (Å²) in [6.07, 6.45) is 0.376. The second-order valence-electron chi connectivity index (χ2n) is 3.55. The monoisotopic (exact) mass is 243 g/mol. The van der Waals surface area contributed by atoms with Gasteiger partial charge in [-0.1, -0.05) is 29.3 Å². The van der Waals surface area contributed by atoms with E-state index in [2.05, 4.69) is 6.07 Å². The van der Waals surface area contributed by atoms with Gasteiger partial charge in [-0.25, -0.2) is 0 Å². The molecule has 1 N–H and O–H groups in total. The summed E-state index contributed by atoms with van der Waals surface area (Å²) in [4.78, 5) is 0. The van der Waals surface area contributed by atoms with Crippen LogP contribution in [0.4, 0.5) is 0 Å². The molecule has 1 aromatic carbocycles. The van der Waals surface area contributed by atoms with E-state index in [4.69, 9.17) is 33.6 Å². The number of benzene rings is 1. The van der Waals surface area contributed by atoms with Crippen molar-refractivity contribution in [2.45, 2.75) is 18.8 Å². The first kappa shape index (κ1) is 12.3. The van der Waals surface area contributed by atoms with Crippen molar-refractivity contribution < 1.29 is 5.11 Å². The van der Waals surface area contributed by atoms with Gasteiger partial charge in [-0.2, -0.15) is 5.26 Å². The molecule has 0 unspecified atom stereocenters. The Morgan fingerprint density at radius 1 is 1.40 bits per heavy atom. The second kappa shape index (κ2) is 4.85. The summed E-state index contributed by atoms with van der Waals surface area (Å²) in [5.41, 5.74) is 0.0524. The van der Waals surface area contributed by atoms with E-state index in [1.54, 1.807) is 25.1 Å². The lowest BCUT2D eigenvalue weighted by atomic mass is 9.81. The van der Waals surface area contributed by atoms with Crippen LogP contribution < -0.4 is 0 Å². The number of aliphatic hydroxyl groups excluding tert-OH is 1. The van der Waals surface area contributed by atoms with E-state index < -0.39 is 5.41 Å². The zero-order valence-electron chi connectivity index (χ0n) is 8.30. The molecule has 0 bridgehead atoms. The molecule has 0 radical (unpaired) electrons. The summed E-state index contributed by atoms with van der Waals surface area (Å²) in [6, 6.07) is 7.27. The quantitative estimate of drug-likeness (QED) is 0.887. The Bertz CT molecular complexity index is 400. The van der Waals surface area contributed by atoms with Crippen molar-refractivity contribution in [2.75, 3.05) is 6.61 Å². The van der Waals surface area contributed by atoms with Gasteiger partial charge < -0.3 is 5.11 Å². The maximum Gasteiger partial charge on any atom is 0.0816 e. The van der Waals surface area contributed by atoms with Crippen molar-refractivity contribution in [2.24, 2.45) is 0 Å². The van der Waals surface area contributed by atoms with Gasteiger partial charge in [0.1, 0.15) is 0 Å². The fourth-order valence-electron chi connectivity index (χ4n) is 1.33. The molecule has 1 rings (SSSR count).